The van der Waals surface area contributed by atoms with Crippen LogP contribution in [0.25, 0.3) is 0 Å². The largest absolute Gasteiger partial charge is 0.342 e. The van der Waals surface area contributed by atoms with Crippen LogP contribution in [-0.2, 0) is 18.4 Å². The van der Waals surface area contributed by atoms with Crippen molar-refractivity contribution in [3.63, 3.8) is 0 Å². The molecule has 8 heteroatoms. The molecule has 3 fully saturated rings. The van der Waals surface area contributed by atoms with Gasteiger partial charge in [-0.1, -0.05) is 0 Å². The Morgan fingerprint density at radius 2 is 2.04 bits per heavy atom. The van der Waals surface area contributed by atoms with E-state index >= 15 is 0 Å². The fourth-order valence-electron chi connectivity index (χ4n) is 4.60. The summed E-state index contributed by atoms with van der Waals surface area (Å²) in [6, 6.07) is 0. The first-order valence-corrected chi connectivity index (χ1v) is 8.96. The second-order valence-electron chi connectivity index (χ2n) is 7.91. The highest BCUT2D eigenvalue weighted by Crippen LogP contribution is 2.40. The van der Waals surface area contributed by atoms with Gasteiger partial charge in [-0.2, -0.15) is 4.80 Å². The lowest BCUT2D eigenvalue weighted by molar-refractivity contribution is -0.134. The zero-order valence-corrected chi connectivity index (χ0v) is 14.7. The molecule has 2 atom stereocenters. The monoisotopic (exact) mass is 333 g/mol. The zero-order valence-electron chi connectivity index (χ0n) is 14.7. The Balaban J connectivity index is 1.33. The average molecular weight is 333 g/mol. The number of aryl methyl sites for hydroxylation is 1. The minimum absolute atomic E-state index is 0.214. The molecule has 0 N–H and O–H groups in total. The fraction of sp³-hybridized carbons (Fsp3) is 0.875. The van der Waals surface area contributed by atoms with Crippen LogP contribution in [0.15, 0.2) is 0 Å². The molecule has 8 nitrogen and oxygen atoms in total. The van der Waals surface area contributed by atoms with Crippen molar-refractivity contribution in [3.8, 4) is 0 Å². The van der Waals surface area contributed by atoms with Gasteiger partial charge in [-0.3, -0.25) is 9.69 Å². The molecule has 4 heterocycles. The molecule has 0 aromatic carbocycles. The molecule has 1 spiro atoms. The third-order valence-electron chi connectivity index (χ3n) is 5.92. The maximum absolute atomic E-state index is 12.8. The number of aromatic nitrogens is 4. The molecule has 0 aliphatic carbocycles. The number of tetrazole rings is 1. The summed E-state index contributed by atoms with van der Waals surface area (Å²) in [7, 11) is 3.90. The van der Waals surface area contributed by atoms with Crippen molar-refractivity contribution in [2.75, 3.05) is 46.3 Å². The maximum Gasteiger partial charge on any atom is 0.227 e. The van der Waals surface area contributed by atoms with Crippen LogP contribution in [0.5, 0.6) is 0 Å². The van der Waals surface area contributed by atoms with Gasteiger partial charge in [-0.25, -0.2) is 0 Å². The summed E-state index contributed by atoms with van der Waals surface area (Å²) >= 11 is 0. The van der Waals surface area contributed by atoms with Crippen molar-refractivity contribution in [1.82, 2.24) is 34.9 Å². The summed E-state index contributed by atoms with van der Waals surface area (Å²) < 4.78 is 0. The van der Waals surface area contributed by atoms with Crippen LogP contribution in [-0.4, -0.2) is 87.1 Å². The number of rotatable bonds is 3. The lowest BCUT2D eigenvalue weighted by Gasteiger charge is -2.25. The molecule has 1 aromatic heterocycles. The smallest absolute Gasteiger partial charge is 0.227 e. The van der Waals surface area contributed by atoms with Gasteiger partial charge in [0.25, 0.3) is 0 Å². The van der Waals surface area contributed by atoms with Crippen molar-refractivity contribution in [2.45, 2.75) is 25.8 Å². The van der Waals surface area contributed by atoms with E-state index in [9.17, 15) is 4.79 Å². The van der Waals surface area contributed by atoms with Gasteiger partial charge in [0.1, 0.15) is 0 Å². The Bertz CT molecular complexity index is 617. The Kier molecular flexibility index (Phi) is 4.04. The first-order chi connectivity index (χ1) is 11.5. The fourth-order valence-corrected chi connectivity index (χ4v) is 4.60. The second-order valence-corrected chi connectivity index (χ2v) is 7.91. The van der Waals surface area contributed by atoms with Gasteiger partial charge in [-0.05, 0) is 44.6 Å². The highest BCUT2D eigenvalue weighted by Gasteiger charge is 2.46. The number of amides is 1. The van der Waals surface area contributed by atoms with Crippen molar-refractivity contribution in [1.29, 1.82) is 0 Å². The summed E-state index contributed by atoms with van der Waals surface area (Å²) in [5.74, 6) is 1.38. The summed E-state index contributed by atoms with van der Waals surface area (Å²) in [5, 5.41) is 12.3. The lowest BCUT2D eigenvalue weighted by atomic mass is 9.86. The highest BCUT2D eigenvalue weighted by molar-refractivity contribution is 5.79. The topological polar surface area (TPSA) is 70.4 Å². The van der Waals surface area contributed by atoms with E-state index in [0.29, 0.717) is 5.91 Å². The number of hydrogen-bond donors (Lipinski definition) is 0. The molecule has 3 aliphatic heterocycles. The molecule has 4 rings (SSSR count). The lowest BCUT2D eigenvalue weighted by Crippen LogP contribution is -2.38. The molecule has 1 amide bonds. The minimum atomic E-state index is 0.214. The van der Waals surface area contributed by atoms with Gasteiger partial charge in [0.15, 0.2) is 5.82 Å². The molecule has 24 heavy (non-hydrogen) atoms. The maximum atomic E-state index is 12.8. The van der Waals surface area contributed by atoms with Crippen molar-refractivity contribution in [3.05, 3.63) is 5.82 Å². The zero-order chi connectivity index (χ0) is 16.7. The molecule has 2 unspecified atom stereocenters. The standard InChI is InChI=1S/C16H27N7O/c1-20-6-3-13(9-20)15(24)23-8-5-16(12-23)4-7-22(11-16)10-14-17-19-21(2)18-14/h13H,3-12H2,1-2H3. The molecule has 3 aliphatic rings. The van der Waals surface area contributed by atoms with Crippen LogP contribution in [0.3, 0.4) is 0 Å². The number of carbonyl (C=O) groups excluding carboxylic acids is 1. The quantitative estimate of drug-likeness (QED) is 0.749. The van der Waals surface area contributed by atoms with E-state index in [1.165, 1.54) is 11.2 Å². The van der Waals surface area contributed by atoms with Crippen molar-refractivity contribution < 1.29 is 4.79 Å². The first kappa shape index (κ1) is 16.0. The first-order valence-electron chi connectivity index (χ1n) is 8.96. The summed E-state index contributed by atoms with van der Waals surface area (Å²) in [4.78, 5) is 21.1. The van der Waals surface area contributed by atoms with Crippen molar-refractivity contribution >= 4 is 5.91 Å². The van der Waals surface area contributed by atoms with E-state index in [-0.39, 0.29) is 11.3 Å². The van der Waals surface area contributed by atoms with Gasteiger partial charge in [0.2, 0.25) is 5.91 Å². The summed E-state index contributed by atoms with van der Waals surface area (Å²) in [5.41, 5.74) is 0.280. The van der Waals surface area contributed by atoms with E-state index in [1.807, 2.05) is 0 Å². The van der Waals surface area contributed by atoms with Gasteiger partial charge in [-0.15, -0.1) is 10.2 Å². The second kappa shape index (κ2) is 6.07. The molecule has 0 bridgehead atoms. The van der Waals surface area contributed by atoms with Gasteiger partial charge < -0.3 is 9.80 Å². The third-order valence-corrected chi connectivity index (χ3v) is 5.92. The molecule has 0 radical (unpaired) electrons. The third kappa shape index (κ3) is 3.04. The molecule has 3 saturated heterocycles. The van der Waals surface area contributed by atoms with Gasteiger partial charge >= 0.3 is 0 Å². The SMILES string of the molecule is CN1CCC(C(=O)N2CCC3(CCN(Cc4nnn(C)n4)C3)C2)C1. The van der Waals surface area contributed by atoms with Crippen LogP contribution < -0.4 is 0 Å². The average Bonchev–Trinajstić information content (AvgIpc) is 3.31. The molecular formula is C16H27N7O. The Hall–Kier alpha value is -1.54. The van der Waals surface area contributed by atoms with Crippen LogP contribution in [0, 0.1) is 11.3 Å². The minimum Gasteiger partial charge on any atom is -0.342 e. The van der Waals surface area contributed by atoms with Gasteiger partial charge in [0, 0.05) is 31.6 Å². The van der Waals surface area contributed by atoms with E-state index < -0.39 is 0 Å². The van der Waals surface area contributed by atoms with E-state index in [2.05, 4.69) is 37.2 Å². The van der Waals surface area contributed by atoms with Gasteiger partial charge in [0.05, 0.1) is 19.5 Å². The summed E-state index contributed by atoms with van der Waals surface area (Å²) in [6.07, 6.45) is 3.32. The number of hydrogen-bond acceptors (Lipinski definition) is 6. The molecular weight excluding hydrogens is 306 g/mol. The molecule has 1 aromatic rings. The van der Waals surface area contributed by atoms with E-state index in [0.717, 1.165) is 64.5 Å². The Labute approximate surface area is 142 Å². The Morgan fingerprint density at radius 3 is 2.75 bits per heavy atom. The normalized spacial score (nSPS) is 31.6. The molecule has 132 valence electrons. The van der Waals surface area contributed by atoms with E-state index in [1.54, 1.807) is 7.05 Å². The van der Waals surface area contributed by atoms with E-state index in [4.69, 9.17) is 0 Å². The predicted molar refractivity (Wildman–Crippen MR) is 87.9 cm³/mol. The summed E-state index contributed by atoms with van der Waals surface area (Å²) in [6.45, 7) is 6.69. The predicted octanol–water partition coefficient (Wildman–Crippen LogP) is -0.414. The number of likely N-dealkylation sites (tertiary alicyclic amines) is 3. The number of nitrogens with zero attached hydrogens (tertiary/aromatic N) is 7. The van der Waals surface area contributed by atoms with Crippen LogP contribution in [0.2, 0.25) is 0 Å². The van der Waals surface area contributed by atoms with Crippen LogP contribution in [0.1, 0.15) is 25.1 Å². The number of carbonyl (C=O) groups is 1. The molecule has 0 saturated carbocycles. The van der Waals surface area contributed by atoms with Crippen molar-refractivity contribution in [2.24, 2.45) is 18.4 Å². The highest BCUT2D eigenvalue weighted by atomic mass is 16.2. The van der Waals surface area contributed by atoms with Crippen LogP contribution in [0.4, 0.5) is 0 Å². The Morgan fingerprint density at radius 1 is 1.21 bits per heavy atom. The van der Waals surface area contributed by atoms with Crippen LogP contribution >= 0.6 is 0 Å².